The fraction of sp³-hybridized carbons (Fsp3) is 0.429. The molecule has 0 radical (unpaired) electrons. The number of fused-ring (bicyclic) bond motifs is 1. The number of halogens is 2. The van der Waals surface area contributed by atoms with E-state index in [2.05, 4.69) is 34.7 Å². The molecule has 108 valence electrons. The van der Waals surface area contributed by atoms with Gasteiger partial charge in [-0.1, -0.05) is 25.4 Å². The fourth-order valence-electron chi connectivity index (χ4n) is 2.32. The molecule has 4 nitrogen and oxygen atoms in total. The van der Waals surface area contributed by atoms with Gasteiger partial charge in [0.2, 0.25) is 0 Å². The average molecular weight is 360 g/mol. The van der Waals surface area contributed by atoms with E-state index >= 15 is 0 Å². The summed E-state index contributed by atoms with van der Waals surface area (Å²) < 4.78 is 0.629. The van der Waals surface area contributed by atoms with Gasteiger partial charge in [-0.15, -0.1) is 0 Å². The summed E-state index contributed by atoms with van der Waals surface area (Å²) in [5, 5.41) is 0.311. The zero-order valence-electron chi connectivity index (χ0n) is 11.4. The Morgan fingerprint density at radius 3 is 2.50 bits per heavy atom. The lowest BCUT2D eigenvalue weighted by Crippen LogP contribution is -2.38. The van der Waals surface area contributed by atoms with E-state index in [4.69, 9.17) is 11.6 Å². The minimum absolute atomic E-state index is 0.311. The topological polar surface area (TPSA) is 40.6 Å². The predicted molar refractivity (Wildman–Crippen MR) is 83.6 cm³/mol. The molecule has 0 atom stereocenters. The number of anilines is 1. The third-order valence-corrected chi connectivity index (χ3v) is 4.85. The Hall–Kier alpha value is -0.910. The number of Topliss-reactive ketones (excluding diaryl/α,β-unsaturated/α-hetero) is 1. The molecule has 1 aliphatic rings. The fourth-order valence-corrected chi connectivity index (χ4v) is 2.90. The number of likely N-dealkylation sites (N-methyl/N-ethyl adjacent to an activating group) is 1. The van der Waals surface area contributed by atoms with Crippen LogP contribution in [0.1, 0.15) is 24.2 Å². The number of carbonyl (C=O) groups is 2. The number of nitrogens with zero attached hydrogens (tertiary/aromatic N) is 2. The van der Waals surface area contributed by atoms with Crippen LogP contribution in [0.15, 0.2) is 16.6 Å². The van der Waals surface area contributed by atoms with E-state index in [1.165, 1.54) is 4.90 Å². The molecule has 1 aromatic rings. The van der Waals surface area contributed by atoms with E-state index in [1.807, 2.05) is 0 Å². The number of benzene rings is 1. The number of hydrogen-bond donors (Lipinski definition) is 0. The van der Waals surface area contributed by atoms with Gasteiger partial charge in [0.1, 0.15) is 0 Å². The summed E-state index contributed by atoms with van der Waals surface area (Å²) in [6.45, 7) is 7.21. The molecule has 0 saturated carbocycles. The summed E-state index contributed by atoms with van der Waals surface area (Å²) in [7, 11) is 0. The van der Waals surface area contributed by atoms with Crippen molar-refractivity contribution in [3.05, 3.63) is 27.2 Å². The van der Waals surface area contributed by atoms with Crippen LogP contribution in [0.2, 0.25) is 5.02 Å². The number of carbonyl (C=O) groups excluding carboxylic acids is 2. The Morgan fingerprint density at radius 2 is 1.90 bits per heavy atom. The van der Waals surface area contributed by atoms with Crippen molar-refractivity contribution < 1.29 is 9.59 Å². The minimum atomic E-state index is -0.522. The Bertz CT molecular complexity index is 558. The smallest absolute Gasteiger partial charge is 0.299 e. The monoisotopic (exact) mass is 358 g/mol. The molecular formula is C14H16BrClN2O2. The molecule has 6 heteroatoms. The first kappa shape index (κ1) is 15.5. The molecule has 1 amide bonds. The van der Waals surface area contributed by atoms with E-state index in [-0.39, 0.29) is 0 Å². The highest BCUT2D eigenvalue weighted by Gasteiger charge is 2.38. The summed E-state index contributed by atoms with van der Waals surface area (Å²) in [5.41, 5.74) is 0.922. The average Bonchev–Trinajstić information content (AvgIpc) is 2.69. The maximum Gasteiger partial charge on any atom is 0.299 e. The van der Waals surface area contributed by atoms with Gasteiger partial charge in [0, 0.05) is 17.6 Å². The molecule has 1 aromatic carbocycles. The van der Waals surface area contributed by atoms with Gasteiger partial charge in [0.15, 0.2) is 0 Å². The zero-order chi connectivity index (χ0) is 14.9. The van der Waals surface area contributed by atoms with Crippen molar-refractivity contribution in [2.45, 2.75) is 13.8 Å². The molecular weight excluding hydrogens is 344 g/mol. The molecule has 0 aliphatic carbocycles. The van der Waals surface area contributed by atoms with E-state index in [0.29, 0.717) is 27.3 Å². The van der Waals surface area contributed by atoms with Crippen LogP contribution in [0.3, 0.4) is 0 Å². The van der Waals surface area contributed by atoms with Gasteiger partial charge >= 0.3 is 0 Å². The maximum absolute atomic E-state index is 12.1. The van der Waals surface area contributed by atoms with Crippen molar-refractivity contribution >= 4 is 44.9 Å². The first-order valence-electron chi connectivity index (χ1n) is 6.57. The summed E-state index contributed by atoms with van der Waals surface area (Å²) >= 11 is 9.40. The van der Waals surface area contributed by atoms with Gasteiger partial charge in [0.25, 0.3) is 11.7 Å². The molecule has 0 unspecified atom stereocenters. The maximum atomic E-state index is 12.1. The second kappa shape index (κ2) is 6.24. The molecule has 1 heterocycles. The first-order valence-corrected chi connectivity index (χ1v) is 7.74. The lowest BCUT2D eigenvalue weighted by Gasteiger charge is -2.23. The van der Waals surface area contributed by atoms with Gasteiger partial charge in [-0.2, -0.15) is 0 Å². The Morgan fingerprint density at radius 1 is 1.25 bits per heavy atom. The molecule has 0 N–H and O–H groups in total. The third kappa shape index (κ3) is 2.62. The van der Waals surface area contributed by atoms with E-state index in [9.17, 15) is 9.59 Å². The highest BCUT2D eigenvalue weighted by molar-refractivity contribution is 9.10. The molecule has 0 bridgehead atoms. The van der Waals surface area contributed by atoms with Crippen molar-refractivity contribution in [1.29, 1.82) is 0 Å². The Labute approximate surface area is 131 Å². The second-order valence-electron chi connectivity index (χ2n) is 4.57. The van der Waals surface area contributed by atoms with Crippen LogP contribution in [0.4, 0.5) is 5.69 Å². The quantitative estimate of drug-likeness (QED) is 0.759. The summed E-state index contributed by atoms with van der Waals surface area (Å²) in [6.07, 6.45) is 0. The van der Waals surface area contributed by atoms with Crippen molar-refractivity contribution in [2.75, 3.05) is 31.1 Å². The van der Waals surface area contributed by atoms with Crippen molar-refractivity contribution in [1.82, 2.24) is 4.90 Å². The van der Waals surface area contributed by atoms with Gasteiger partial charge in [-0.05, 0) is 41.2 Å². The third-order valence-electron chi connectivity index (χ3n) is 3.56. The minimum Gasteiger partial charge on any atom is -0.303 e. The van der Waals surface area contributed by atoms with Gasteiger partial charge < -0.3 is 9.80 Å². The molecule has 1 aliphatic heterocycles. The van der Waals surface area contributed by atoms with Gasteiger partial charge in [-0.3, -0.25) is 9.59 Å². The van der Waals surface area contributed by atoms with Gasteiger partial charge in [-0.25, -0.2) is 0 Å². The summed E-state index contributed by atoms with van der Waals surface area (Å²) in [6, 6.07) is 3.52. The normalized spacial score (nSPS) is 14.3. The van der Waals surface area contributed by atoms with Gasteiger partial charge in [0.05, 0.1) is 16.3 Å². The molecule has 0 fully saturated rings. The van der Waals surface area contributed by atoms with Crippen LogP contribution in [0.5, 0.6) is 0 Å². The van der Waals surface area contributed by atoms with Crippen LogP contribution in [0, 0.1) is 0 Å². The van der Waals surface area contributed by atoms with Crippen molar-refractivity contribution in [2.24, 2.45) is 0 Å². The number of rotatable bonds is 5. The molecule has 0 spiro atoms. The highest BCUT2D eigenvalue weighted by Crippen LogP contribution is 2.38. The first-order chi connectivity index (χ1) is 9.51. The van der Waals surface area contributed by atoms with E-state index < -0.39 is 11.7 Å². The van der Waals surface area contributed by atoms with Crippen LogP contribution < -0.4 is 4.90 Å². The summed E-state index contributed by atoms with van der Waals surface area (Å²) in [5.74, 6) is -1.02. The number of amides is 1. The number of hydrogen-bond acceptors (Lipinski definition) is 3. The zero-order valence-corrected chi connectivity index (χ0v) is 13.8. The van der Waals surface area contributed by atoms with Crippen LogP contribution >= 0.6 is 27.5 Å². The lowest BCUT2D eigenvalue weighted by atomic mass is 10.1. The molecule has 0 aromatic heterocycles. The van der Waals surface area contributed by atoms with Crippen LogP contribution in [-0.2, 0) is 4.79 Å². The summed E-state index contributed by atoms with van der Waals surface area (Å²) in [4.78, 5) is 27.9. The van der Waals surface area contributed by atoms with Crippen LogP contribution in [-0.4, -0.2) is 42.8 Å². The second-order valence-corrected chi connectivity index (χ2v) is 5.80. The molecule has 20 heavy (non-hydrogen) atoms. The SMILES string of the molecule is CCN(CC)CCN1C(=O)C(=O)c2c1ccc(Br)c2Cl. The molecule has 2 rings (SSSR count). The van der Waals surface area contributed by atoms with Crippen LogP contribution in [0.25, 0.3) is 0 Å². The predicted octanol–water partition coefficient (Wildman–Crippen LogP) is 2.97. The standard InChI is InChI=1S/C14H16BrClN2O2/c1-3-17(4-2)7-8-18-10-6-5-9(15)12(16)11(10)13(19)14(18)20/h5-6H,3-4,7-8H2,1-2H3. The largest absolute Gasteiger partial charge is 0.303 e. The Balaban J connectivity index is 2.28. The number of ketones is 1. The van der Waals surface area contributed by atoms with Crippen molar-refractivity contribution in [3.63, 3.8) is 0 Å². The van der Waals surface area contributed by atoms with E-state index in [0.717, 1.165) is 19.6 Å². The van der Waals surface area contributed by atoms with Crippen molar-refractivity contribution in [3.8, 4) is 0 Å². The van der Waals surface area contributed by atoms with E-state index in [1.54, 1.807) is 12.1 Å². The molecule has 0 saturated heterocycles. The highest BCUT2D eigenvalue weighted by atomic mass is 79.9. The lowest BCUT2D eigenvalue weighted by molar-refractivity contribution is -0.114. The Kier molecular flexibility index (Phi) is 4.83.